The molecule has 0 atom stereocenters. The number of methoxy groups -OCH3 is 1. The Balaban J connectivity index is 1.55. The number of hydrogen-bond acceptors (Lipinski definition) is 4. The van der Waals surface area contributed by atoms with Gasteiger partial charge in [0, 0.05) is 24.2 Å². The number of nitrogens with one attached hydrogen (secondary N) is 2. The number of H-pyrrole nitrogens is 1. The molecule has 0 spiro atoms. The third kappa shape index (κ3) is 3.12. The average Bonchev–Trinajstić information content (AvgIpc) is 2.99. The second kappa shape index (κ2) is 6.62. The lowest BCUT2D eigenvalue weighted by Crippen LogP contribution is -2.27. The molecule has 2 N–H and O–H groups in total. The lowest BCUT2D eigenvalue weighted by Gasteiger charge is -2.12. The lowest BCUT2D eigenvalue weighted by molar-refractivity contribution is 0.0925. The van der Waals surface area contributed by atoms with Crippen molar-refractivity contribution in [3.05, 3.63) is 46.8 Å². The number of rotatable bonds is 5. The molecule has 1 aliphatic rings. The summed E-state index contributed by atoms with van der Waals surface area (Å²) in [7, 11) is 1.64. The zero-order valence-corrected chi connectivity index (χ0v) is 12.5. The topological polar surface area (TPSA) is 76.2 Å². The standard InChI is InChI=1S/C16H19N3O3/c1-21-12-4-2-11(3-5-12)6-8-17-16(20)15-13-10-22-9-7-14(13)18-19-15/h2-5H,6-10H2,1H3,(H,17,20)(H,18,19). The molecule has 0 fully saturated rings. The second-order valence-corrected chi connectivity index (χ2v) is 5.19. The van der Waals surface area contributed by atoms with Crippen LogP contribution < -0.4 is 10.1 Å². The first-order valence-corrected chi connectivity index (χ1v) is 7.33. The summed E-state index contributed by atoms with van der Waals surface area (Å²) in [6.07, 6.45) is 1.54. The summed E-state index contributed by atoms with van der Waals surface area (Å²) in [5, 5.41) is 9.94. The van der Waals surface area contributed by atoms with Crippen LogP contribution in [0.4, 0.5) is 0 Å². The molecule has 22 heavy (non-hydrogen) atoms. The number of nitrogens with zero attached hydrogens (tertiary/aromatic N) is 1. The Morgan fingerprint density at radius 1 is 1.41 bits per heavy atom. The first-order valence-electron chi connectivity index (χ1n) is 7.33. The van der Waals surface area contributed by atoms with Crippen LogP contribution in [0, 0.1) is 0 Å². The van der Waals surface area contributed by atoms with Crippen molar-refractivity contribution in [2.24, 2.45) is 0 Å². The first kappa shape index (κ1) is 14.6. The monoisotopic (exact) mass is 301 g/mol. The van der Waals surface area contributed by atoms with E-state index in [0.717, 1.165) is 35.4 Å². The van der Waals surface area contributed by atoms with Crippen molar-refractivity contribution in [1.82, 2.24) is 15.5 Å². The molecule has 6 nitrogen and oxygen atoms in total. The van der Waals surface area contributed by atoms with E-state index in [1.807, 2.05) is 24.3 Å². The van der Waals surface area contributed by atoms with E-state index in [1.165, 1.54) is 0 Å². The molecule has 1 aromatic carbocycles. The van der Waals surface area contributed by atoms with Gasteiger partial charge in [0.05, 0.1) is 20.3 Å². The second-order valence-electron chi connectivity index (χ2n) is 5.19. The van der Waals surface area contributed by atoms with Gasteiger partial charge in [-0.3, -0.25) is 9.89 Å². The van der Waals surface area contributed by atoms with Gasteiger partial charge in [0.25, 0.3) is 5.91 Å². The fraction of sp³-hybridized carbons (Fsp3) is 0.375. The van der Waals surface area contributed by atoms with Crippen LogP contribution in [0.1, 0.15) is 27.3 Å². The quantitative estimate of drug-likeness (QED) is 0.876. The molecule has 0 saturated carbocycles. The number of carbonyl (C=O) groups is 1. The van der Waals surface area contributed by atoms with E-state index in [4.69, 9.17) is 9.47 Å². The Morgan fingerprint density at radius 2 is 2.23 bits per heavy atom. The van der Waals surface area contributed by atoms with E-state index in [-0.39, 0.29) is 5.91 Å². The molecule has 0 bridgehead atoms. The molecule has 0 unspecified atom stereocenters. The number of fused-ring (bicyclic) bond motifs is 1. The lowest BCUT2D eigenvalue weighted by atomic mass is 10.1. The van der Waals surface area contributed by atoms with Gasteiger partial charge < -0.3 is 14.8 Å². The molecule has 3 rings (SSSR count). The molecule has 6 heteroatoms. The third-order valence-corrected chi connectivity index (χ3v) is 3.77. The number of benzene rings is 1. The van der Waals surface area contributed by atoms with Crippen LogP contribution in [-0.2, 0) is 24.2 Å². The number of hydrogen-bond donors (Lipinski definition) is 2. The van der Waals surface area contributed by atoms with E-state index in [2.05, 4.69) is 15.5 Å². The SMILES string of the molecule is COc1ccc(CCNC(=O)c2n[nH]c3c2COCC3)cc1. The van der Waals surface area contributed by atoms with Crippen LogP contribution in [0.3, 0.4) is 0 Å². The Hall–Kier alpha value is -2.34. The summed E-state index contributed by atoms with van der Waals surface area (Å²) >= 11 is 0. The van der Waals surface area contributed by atoms with Crippen molar-refractivity contribution < 1.29 is 14.3 Å². The van der Waals surface area contributed by atoms with Crippen molar-refractivity contribution in [2.75, 3.05) is 20.3 Å². The van der Waals surface area contributed by atoms with E-state index < -0.39 is 0 Å². The van der Waals surface area contributed by atoms with Crippen LogP contribution in [0.25, 0.3) is 0 Å². The number of amides is 1. The highest BCUT2D eigenvalue weighted by atomic mass is 16.5. The maximum atomic E-state index is 12.2. The average molecular weight is 301 g/mol. The smallest absolute Gasteiger partial charge is 0.272 e. The highest BCUT2D eigenvalue weighted by Crippen LogP contribution is 2.18. The molecule has 0 saturated heterocycles. The fourth-order valence-electron chi connectivity index (χ4n) is 2.50. The molecule has 0 radical (unpaired) electrons. The molecule has 0 aliphatic carbocycles. The van der Waals surface area contributed by atoms with Crippen LogP contribution in [0.15, 0.2) is 24.3 Å². The van der Waals surface area contributed by atoms with Gasteiger partial charge in [0.15, 0.2) is 5.69 Å². The predicted molar refractivity (Wildman–Crippen MR) is 81.0 cm³/mol. The molecular formula is C16H19N3O3. The van der Waals surface area contributed by atoms with Crippen molar-refractivity contribution in [3.8, 4) is 5.75 Å². The summed E-state index contributed by atoms with van der Waals surface area (Å²) in [6, 6.07) is 7.82. The maximum Gasteiger partial charge on any atom is 0.272 e. The van der Waals surface area contributed by atoms with Gasteiger partial charge in [-0.05, 0) is 24.1 Å². The minimum absolute atomic E-state index is 0.156. The van der Waals surface area contributed by atoms with Gasteiger partial charge in [-0.25, -0.2) is 0 Å². The van der Waals surface area contributed by atoms with Crippen LogP contribution in [0.5, 0.6) is 5.75 Å². The summed E-state index contributed by atoms with van der Waals surface area (Å²) in [6.45, 7) is 1.69. The molecule has 2 heterocycles. The number of aromatic amines is 1. The highest BCUT2D eigenvalue weighted by molar-refractivity contribution is 5.93. The van der Waals surface area contributed by atoms with Gasteiger partial charge in [-0.2, -0.15) is 5.10 Å². The van der Waals surface area contributed by atoms with Gasteiger partial charge in [-0.15, -0.1) is 0 Å². The Labute approximate surface area is 128 Å². The molecule has 1 aromatic heterocycles. The van der Waals surface area contributed by atoms with Crippen molar-refractivity contribution in [2.45, 2.75) is 19.4 Å². The van der Waals surface area contributed by atoms with Crippen molar-refractivity contribution in [1.29, 1.82) is 0 Å². The van der Waals surface area contributed by atoms with E-state index in [0.29, 0.717) is 25.5 Å². The Kier molecular flexibility index (Phi) is 4.39. The van der Waals surface area contributed by atoms with E-state index in [9.17, 15) is 4.79 Å². The minimum atomic E-state index is -0.156. The molecule has 1 amide bonds. The third-order valence-electron chi connectivity index (χ3n) is 3.77. The van der Waals surface area contributed by atoms with Crippen LogP contribution in [0.2, 0.25) is 0 Å². The number of ether oxygens (including phenoxy) is 2. The van der Waals surface area contributed by atoms with Gasteiger partial charge in [-0.1, -0.05) is 12.1 Å². The molecule has 1 aliphatic heterocycles. The number of aromatic nitrogens is 2. The Morgan fingerprint density at radius 3 is 3.00 bits per heavy atom. The zero-order valence-electron chi connectivity index (χ0n) is 12.5. The fourth-order valence-corrected chi connectivity index (χ4v) is 2.50. The summed E-state index contributed by atoms with van der Waals surface area (Å²) in [4.78, 5) is 12.2. The maximum absolute atomic E-state index is 12.2. The van der Waals surface area contributed by atoms with Crippen molar-refractivity contribution >= 4 is 5.91 Å². The van der Waals surface area contributed by atoms with Crippen molar-refractivity contribution in [3.63, 3.8) is 0 Å². The zero-order chi connectivity index (χ0) is 15.4. The number of carbonyl (C=O) groups excluding carboxylic acids is 1. The minimum Gasteiger partial charge on any atom is -0.497 e. The summed E-state index contributed by atoms with van der Waals surface area (Å²) in [5.41, 5.74) is 3.48. The van der Waals surface area contributed by atoms with Gasteiger partial charge in [0.2, 0.25) is 0 Å². The van der Waals surface area contributed by atoms with E-state index >= 15 is 0 Å². The molecule has 2 aromatic rings. The summed E-state index contributed by atoms with van der Waals surface area (Å²) in [5.74, 6) is 0.674. The van der Waals surface area contributed by atoms with Crippen LogP contribution >= 0.6 is 0 Å². The molecule has 116 valence electrons. The van der Waals surface area contributed by atoms with Gasteiger partial charge in [0.1, 0.15) is 5.75 Å². The highest BCUT2D eigenvalue weighted by Gasteiger charge is 2.21. The predicted octanol–water partition coefficient (Wildman–Crippen LogP) is 1.46. The molecular weight excluding hydrogens is 282 g/mol. The van der Waals surface area contributed by atoms with Crippen LogP contribution in [-0.4, -0.2) is 36.4 Å². The normalized spacial score (nSPS) is 13.5. The largest absolute Gasteiger partial charge is 0.497 e. The summed E-state index contributed by atoms with van der Waals surface area (Å²) < 4.78 is 10.5. The van der Waals surface area contributed by atoms with Gasteiger partial charge >= 0.3 is 0 Å². The van der Waals surface area contributed by atoms with E-state index in [1.54, 1.807) is 7.11 Å². The Bertz CT molecular complexity index is 649. The first-order chi connectivity index (χ1) is 10.8.